The number of hydrogen-bond acceptors (Lipinski definition) is 6. The number of benzene rings is 1. The van der Waals surface area contributed by atoms with Gasteiger partial charge in [-0.15, -0.1) is 0 Å². The number of thiazole rings is 1. The average Bonchev–Trinajstić information content (AvgIpc) is 2.82. The van der Waals surface area contributed by atoms with E-state index in [2.05, 4.69) is 9.73 Å². The lowest BCUT2D eigenvalue weighted by atomic mass is 10.2. The summed E-state index contributed by atoms with van der Waals surface area (Å²) in [5, 5.41) is 0. The second kappa shape index (κ2) is 6.86. The van der Waals surface area contributed by atoms with E-state index in [0.29, 0.717) is 15.0 Å². The van der Waals surface area contributed by atoms with Gasteiger partial charge < -0.3 is 9.30 Å². The highest BCUT2D eigenvalue weighted by atomic mass is 32.2. The van der Waals surface area contributed by atoms with Crippen LogP contribution in [0.25, 0.3) is 10.2 Å². The highest BCUT2D eigenvalue weighted by Gasteiger charge is 2.15. The number of nitrogens with zero attached hydrogens (tertiary/aromatic N) is 2. The lowest BCUT2D eigenvalue weighted by Crippen LogP contribution is -2.23. The van der Waals surface area contributed by atoms with Gasteiger partial charge in [-0.3, -0.25) is 9.59 Å². The van der Waals surface area contributed by atoms with E-state index in [1.54, 1.807) is 24.5 Å². The molecule has 0 bridgehead atoms. The van der Waals surface area contributed by atoms with Crippen LogP contribution >= 0.6 is 11.3 Å². The Bertz CT molecular complexity index is 967. The smallest absolute Gasteiger partial charge is 0.325 e. The number of sulfone groups is 1. The Hall–Kier alpha value is -2.00. The monoisotopic (exact) mass is 370 g/mol. The Labute approximate surface area is 143 Å². The fourth-order valence-corrected chi connectivity index (χ4v) is 3.74. The molecule has 1 heterocycles. The molecule has 0 saturated carbocycles. The maximum absolute atomic E-state index is 11.9. The Balaban J connectivity index is 2.72. The van der Waals surface area contributed by atoms with Crippen LogP contribution in [0.4, 0.5) is 0 Å². The van der Waals surface area contributed by atoms with Gasteiger partial charge in [0.2, 0.25) is 0 Å². The van der Waals surface area contributed by atoms with Crippen LogP contribution in [0.15, 0.2) is 28.1 Å². The van der Waals surface area contributed by atoms with Crippen molar-refractivity contribution < 1.29 is 22.7 Å². The summed E-state index contributed by atoms with van der Waals surface area (Å²) < 4.78 is 30.3. The van der Waals surface area contributed by atoms with E-state index < -0.39 is 15.8 Å². The molecular weight excluding hydrogens is 352 g/mol. The summed E-state index contributed by atoms with van der Waals surface area (Å²) in [7, 11) is -2.08. The lowest BCUT2D eigenvalue weighted by Gasteiger charge is -2.04. The number of amides is 1. The maximum Gasteiger partial charge on any atom is 0.325 e. The number of fused-ring (bicyclic) bond motifs is 1. The Morgan fingerprint density at radius 3 is 2.54 bits per heavy atom. The maximum atomic E-state index is 11.9. The van der Waals surface area contributed by atoms with Gasteiger partial charge in [-0.1, -0.05) is 25.2 Å². The minimum Gasteiger partial charge on any atom is -0.468 e. The van der Waals surface area contributed by atoms with Crippen molar-refractivity contribution in [2.45, 2.75) is 25.3 Å². The largest absolute Gasteiger partial charge is 0.468 e. The van der Waals surface area contributed by atoms with E-state index in [-0.39, 0.29) is 23.3 Å². The highest BCUT2D eigenvalue weighted by molar-refractivity contribution is 7.90. The van der Waals surface area contributed by atoms with E-state index in [9.17, 15) is 18.0 Å². The minimum absolute atomic E-state index is 0.112. The summed E-state index contributed by atoms with van der Waals surface area (Å²) in [6.07, 6.45) is 1.12. The molecule has 9 heteroatoms. The molecule has 0 spiro atoms. The van der Waals surface area contributed by atoms with Crippen molar-refractivity contribution in [1.82, 2.24) is 4.57 Å². The third-order valence-electron chi connectivity index (χ3n) is 3.30. The Morgan fingerprint density at radius 1 is 1.33 bits per heavy atom. The Morgan fingerprint density at radius 2 is 2.00 bits per heavy atom. The van der Waals surface area contributed by atoms with Crippen molar-refractivity contribution >= 4 is 43.3 Å². The van der Waals surface area contributed by atoms with Crippen LogP contribution < -0.4 is 4.80 Å². The van der Waals surface area contributed by atoms with Crippen LogP contribution in [-0.4, -0.2) is 38.2 Å². The zero-order valence-electron chi connectivity index (χ0n) is 13.8. The molecule has 0 radical (unpaired) electrons. The molecule has 1 aromatic carbocycles. The van der Waals surface area contributed by atoms with Gasteiger partial charge >= 0.3 is 5.97 Å². The van der Waals surface area contributed by atoms with Gasteiger partial charge in [0, 0.05) is 12.2 Å². The molecule has 0 saturated heterocycles. The van der Waals surface area contributed by atoms with Gasteiger partial charge in [0.15, 0.2) is 14.6 Å². The molecule has 0 unspecified atom stereocenters. The van der Waals surface area contributed by atoms with Crippen LogP contribution in [0, 0.1) is 5.92 Å². The molecule has 0 atom stereocenters. The summed E-state index contributed by atoms with van der Waals surface area (Å²) in [6, 6.07) is 4.58. The van der Waals surface area contributed by atoms with Gasteiger partial charge in [-0.05, 0) is 18.2 Å². The zero-order valence-corrected chi connectivity index (χ0v) is 15.4. The molecule has 1 amide bonds. The van der Waals surface area contributed by atoms with Crippen molar-refractivity contribution in [1.29, 1.82) is 0 Å². The first-order chi connectivity index (χ1) is 11.1. The number of esters is 1. The average molecular weight is 370 g/mol. The number of ether oxygens (including phenoxy) is 1. The van der Waals surface area contributed by atoms with Gasteiger partial charge in [-0.25, -0.2) is 8.42 Å². The van der Waals surface area contributed by atoms with Gasteiger partial charge in [0.1, 0.15) is 6.54 Å². The van der Waals surface area contributed by atoms with Crippen molar-refractivity contribution in [3.05, 3.63) is 23.0 Å². The summed E-state index contributed by atoms with van der Waals surface area (Å²) in [6.45, 7) is 3.34. The SMILES string of the molecule is COC(=O)Cn1c(=NC(=O)C(C)C)sc2cc(S(C)(=O)=O)ccc21. The van der Waals surface area contributed by atoms with Gasteiger partial charge in [0.25, 0.3) is 5.91 Å². The molecule has 0 aliphatic carbocycles. The molecule has 7 nitrogen and oxygen atoms in total. The van der Waals surface area contributed by atoms with E-state index in [0.717, 1.165) is 17.6 Å². The van der Waals surface area contributed by atoms with Crippen LogP contribution in [0.1, 0.15) is 13.8 Å². The third-order valence-corrected chi connectivity index (χ3v) is 5.45. The molecule has 24 heavy (non-hydrogen) atoms. The van der Waals surface area contributed by atoms with E-state index in [1.807, 2.05) is 0 Å². The van der Waals surface area contributed by atoms with Crippen LogP contribution in [0.3, 0.4) is 0 Å². The fourth-order valence-electron chi connectivity index (χ4n) is 1.94. The van der Waals surface area contributed by atoms with Gasteiger partial charge in [-0.2, -0.15) is 4.99 Å². The van der Waals surface area contributed by atoms with E-state index in [4.69, 9.17) is 0 Å². The van der Waals surface area contributed by atoms with Crippen LogP contribution in [-0.2, 0) is 30.7 Å². The predicted octanol–water partition coefficient (Wildman–Crippen LogP) is 1.36. The molecule has 2 rings (SSSR count). The minimum atomic E-state index is -3.35. The number of carbonyl (C=O) groups is 2. The number of hydrogen-bond donors (Lipinski definition) is 0. The first-order valence-corrected chi connectivity index (χ1v) is 9.83. The standard InChI is InChI=1S/C15H18N2O5S2/c1-9(2)14(19)16-15-17(8-13(18)22-3)11-6-5-10(24(4,20)21)7-12(11)23-15/h5-7,9H,8H2,1-4H3. The van der Waals surface area contributed by atoms with Crippen LogP contribution in [0.5, 0.6) is 0 Å². The number of aromatic nitrogens is 1. The normalized spacial score (nSPS) is 12.8. The highest BCUT2D eigenvalue weighted by Crippen LogP contribution is 2.22. The van der Waals surface area contributed by atoms with Crippen molar-refractivity contribution in [3.8, 4) is 0 Å². The molecule has 130 valence electrons. The molecule has 0 aliphatic rings. The zero-order chi connectivity index (χ0) is 18.1. The summed E-state index contributed by atoms with van der Waals surface area (Å²) in [5.74, 6) is -1.09. The molecule has 2 aromatic rings. The third kappa shape index (κ3) is 3.90. The number of rotatable bonds is 4. The van der Waals surface area contributed by atoms with Crippen molar-refractivity contribution in [2.24, 2.45) is 10.9 Å². The second-order valence-electron chi connectivity index (χ2n) is 5.55. The van der Waals surface area contributed by atoms with Crippen molar-refractivity contribution in [2.75, 3.05) is 13.4 Å². The van der Waals surface area contributed by atoms with Gasteiger partial charge in [0.05, 0.1) is 22.2 Å². The molecule has 0 aliphatic heterocycles. The lowest BCUT2D eigenvalue weighted by molar-refractivity contribution is -0.141. The summed E-state index contributed by atoms with van der Waals surface area (Å²) in [4.78, 5) is 28.2. The first kappa shape index (κ1) is 18.3. The number of methoxy groups -OCH3 is 1. The van der Waals surface area contributed by atoms with Crippen LogP contribution in [0.2, 0.25) is 0 Å². The summed E-state index contributed by atoms with van der Waals surface area (Å²) in [5.41, 5.74) is 0.619. The topological polar surface area (TPSA) is 94.8 Å². The van der Waals surface area contributed by atoms with Crippen molar-refractivity contribution in [3.63, 3.8) is 0 Å². The molecule has 0 N–H and O–H groups in total. The fraction of sp³-hybridized carbons (Fsp3) is 0.400. The molecular formula is C15H18N2O5S2. The summed E-state index contributed by atoms with van der Waals surface area (Å²) >= 11 is 1.16. The molecule has 0 fully saturated rings. The Kier molecular flexibility index (Phi) is 5.24. The van der Waals surface area contributed by atoms with E-state index >= 15 is 0 Å². The van der Waals surface area contributed by atoms with E-state index in [1.165, 1.54) is 19.2 Å². The molecule has 1 aromatic heterocycles. The quantitative estimate of drug-likeness (QED) is 0.758. The predicted molar refractivity (Wildman–Crippen MR) is 90.3 cm³/mol. The number of carbonyl (C=O) groups excluding carboxylic acids is 2. The first-order valence-electron chi connectivity index (χ1n) is 7.12. The second-order valence-corrected chi connectivity index (χ2v) is 8.58.